The van der Waals surface area contributed by atoms with Gasteiger partial charge in [0.05, 0.1) is 12.5 Å². The molecule has 0 fully saturated rings. The zero-order valence-corrected chi connectivity index (χ0v) is 12.0. The minimum absolute atomic E-state index is 0.237. The Morgan fingerprint density at radius 3 is 2.50 bits per heavy atom. The van der Waals surface area contributed by atoms with Gasteiger partial charge in [-0.2, -0.15) is 0 Å². The minimum atomic E-state index is -0.384. The Hall–Kier alpha value is -1.06. The van der Waals surface area contributed by atoms with Crippen molar-refractivity contribution in [3.63, 3.8) is 0 Å². The van der Waals surface area contributed by atoms with E-state index in [2.05, 4.69) is 6.07 Å². The molecule has 0 spiro atoms. The molecular weight excluding hydrogens is 271 g/mol. The quantitative estimate of drug-likeness (QED) is 0.733. The second kappa shape index (κ2) is 5.29. The average molecular weight is 285 g/mol. The number of rotatable bonds is 3. The first-order valence-corrected chi connectivity index (χ1v) is 6.82. The third-order valence-electron chi connectivity index (χ3n) is 2.82. The molecule has 1 aromatic carbocycles. The minimum Gasteiger partial charge on any atom is -0.494 e. The van der Waals surface area contributed by atoms with Gasteiger partial charge in [0.15, 0.2) is 11.6 Å². The van der Waals surface area contributed by atoms with Crippen LogP contribution in [0, 0.1) is 19.7 Å². The van der Waals surface area contributed by atoms with Gasteiger partial charge in [-0.3, -0.25) is 0 Å². The first kappa shape index (κ1) is 13.4. The fraction of sp³-hybridized carbons (Fsp3) is 0.286. The van der Waals surface area contributed by atoms with Crippen molar-refractivity contribution in [3.05, 3.63) is 51.0 Å². The van der Waals surface area contributed by atoms with Crippen molar-refractivity contribution in [1.29, 1.82) is 0 Å². The van der Waals surface area contributed by atoms with E-state index in [1.54, 1.807) is 23.5 Å². The lowest BCUT2D eigenvalue weighted by Crippen LogP contribution is -1.96. The van der Waals surface area contributed by atoms with Crippen LogP contribution in [-0.4, -0.2) is 7.11 Å². The van der Waals surface area contributed by atoms with Gasteiger partial charge < -0.3 is 4.74 Å². The van der Waals surface area contributed by atoms with E-state index in [-0.39, 0.29) is 16.9 Å². The molecule has 4 heteroatoms. The zero-order chi connectivity index (χ0) is 13.3. The fourth-order valence-electron chi connectivity index (χ4n) is 1.92. The van der Waals surface area contributed by atoms with Crippen molar-refractivity contribution in [2.45, 2.75) is 19.2 Å². The lowest BCUT2D eigenvalue weighted by molar-refractivity contribution is 0.386. The van der Waals surface area contributed by atoms with Crippen LogP contribution in [0.1, 0.15) is 26.3 Å². The molecule has 0 aliphatic rings. The van der Waals surface area contributed by atoms with Gasteiger partial charge in [-0.1, -0.05) is 6.07 Å². The van der Waals surface area contributed by atoms with E-state index in [1.165, 1.54) is 22.9 Å². The summed E-state index contributed by atoms with van der Waals surface area (Å²) in [6, 6.07) is 6.89. The van der Waals surface area contributed by atoms with Crippen LogP contribution in [0.4, 0.5) is 4.39 Å². The van der Waals surface area contributed by atoms with E-state index < -0.39 is 0 Å². The third kappa shape index (κ3) is 2.52. The highest BCUT2D eigenvalue weighted by molar-refractivity contribution is 7.12. The smallest absolute Gasteiger partial charge is 0.165 e. The monoisotopic (exact) mass is 284 g/mol. The van der Waals surface area contributed by atoms with Crippen LogP contribution in [0.2, 0.25) is 0 Å². The molecule has 0 aliphatic heterocycles. The summed E-state index contributed by atoms with van der Waals surface area (Å²) in [5, 5.41) is -0.324. The molecule has 1 nitrogen and oxygen atoms in total. The Bertz CT molecular complexity index is 565. The second-order valence-electron chi connectivity index (χ2n) is 4.13. The van der Waals surface area contributed by atoms with Gasteiger partial charge >= 0.3 is 0 Å². The number of alkyl halides is 1. The van der Waals surface area contributed by atoms with E-state index in [0.717, 1.165) is 11.1 Å². The molecule has 18 heavy (non-hydrogen) atoms. The summed E-state index contributed by atoms with van der Waals surface area (Å²) in [5.41, 5.74) is 1.79. The predicted octanol–water partition coefficient (Wildman–Crippen LogP) is 4.84. The molecule has 1 atom stereocenters. The van der Waals surface area contributed by atoms with Crippen molar-refractivity contribution < 1.29 is 9.13 Å². The van der Waals surface area contributed by atoms with Gasteiger partial charge in [-0.05, 0) is 43.2 Å². The van der Waals surface area contributed by atoms with Crippen LogP contribution < -0.4 is 4.74 Å². The van der Waals surface area contributed by atoms with Crippen LogP contribution in [0.3, 0.4) is 0 Å². The van der Waals surface area contributed by atoms with Crippen molar-refractivity contribution in [3.8, 4) is 5.75 Å². The van der Waals surface area contributed by atoms with Gasteiger partial charge in [0.25, 0.3) is 0 Å². The van der Waals surface area contributed by atoms with Crippen molar-refractivity contribution >= 4 is 22.9 Å². The van der Waals surface area contributed by atoms with Crippen molar-refractivity contribution in [2.24, 2.45) is 0 Å². The number of benzene rings is 1. The van der Waals surface area contributed by atoms with Crippen LogP contribution >= 0.6 is 22.9 Å². The number of hydrogen-bond donors (Lipinski definition) is 0. The topological polar surface area (TPSA) is 9.23 Å². The summed E-state index contributed by atoms with van der Waals surface area (Å²) in [4.78, 5) is 2.38. The summed E-state index contributed by atoms with van der Waals surface area (Å²) in [5.74, 6) is -0.147. The third-order valence-corrected chi connectivity index (χ3v) is 4.29. The number of thiophene rings is 1. The number of halogens is 2. The van der Waals surface area contributed by atoms with Gasteiger partial charge in [0.2, 0.25) is 0 Å². The van der Waals surface area contributed by atoms with Gasteiger partial charge in [-0.15, -0.1) is 22.9 Å². The predicted molar refractivity (Wildman–Crippen MR) is 74.4 cm³/mol. The molecule has 2 aromatic rings. The van der Waals surface area contributed by atoms with Crippen LogP contribution in [-0.2, 0) is 0 Å². The molecular formula is C14H14ClFOS. The molecule has 1 aromatic heterocycles. The molecule has 0 aliphatic carbocycles. The molecule has 0 bridgehead atoms. The van der Waals surface area contributed by atoms with Crippen LogP contribution in [0.25, 0.3) is 0 Å². The maximum absolute atomic E-state index is 13.7. The maximum atomic E-state index is 13.7. The Kier molecular flexibility index (Phi) is 3.93. The first-order valence-electron chi connectivity index (χ1n) is 5.57. The van der Waals surface area contributed by atoms with Crippen LogP contribution in [0.5, 0.6) is 5.75 Å². The van der Waals surface area contributed by atoms with Gasteiger partial charge in [0.1, 0.15) is 0 Å². The molecule has 0 radical (unpaired) electrons. The van der Waals surface area contributed by atoms with E-state index in [4.69, 9.17) is 16.3 Å². The lowest BCUT2D eigenvalue weighted by atomic mass is 10.0. The molecule has 0 amide bonds. The lowest BCUT2D eigenvalue weighted by Gasteiger charge is -2.11. The van der Waals surface area contributed by atoms with Crippen LogP contribution in [0.15, 0.2) is 24.3 Å². The summed E-state index contributed by atoms with van der Waals surface area (Å²) < 4.78 is 18.5. The number of hydrogen-bond acceptors (Lipinski definition) is 2. The fourth-order valence-corrected chi connectivity index (χ4v) is 3.31. The number of aryl methyl sites for hydroxylation is 2. The Labute approximate surface area is 115 Å². The molecule has 2 rings (SSSR count). The molecule has 0 N–H and O–H groups in total. The first-order chi connectivity index (χ1) is 8.52. The summed E-state index contributed by atoms with van der Waals surface area (Å²) >= 11 is 8.12. The SMILES string of the molecule is COc1ccc(C(Cl)c2cc(C)sc2C)cc1F. The van der Waals surface area contributed by atoms with Crippen molar-refractivity contribution in [1.82, 2.24) is 0 Å². The van der Waals surface area contributed by atoms with E-state index in [1.807, 2.05) is 13.8 Å². The van der Waals surface area contributed by atoms with E-state index >= 15 is 0 Å². The van der Waals surface area contributed by atoms with E-state index in [0.29, 0.717) is 0 Å². The van der Waals surface area contributed by atoms with E-state index in [9.17, 15) is 4.39 Å². The summed E-state index contributed by atoms with van der Waals surface area (Å²) in [6.07, 6.45) is 0. The number of methoxy groups -OCH3 is 1. The highest BCUT2D eigenvalue weighted by atomic mass is 35.5. The summed E-state index contributed by atoms with van der Waals surface area (Å²) in [6.45, 7) is 4.07. The highest BCUT2D eigenvalue weighted by Gasteiger charge is 2.17. The molecule has 96 valence electrons. The zero-order valence-electron chi connectivity index (χ0n) is 10.5. The Morgan fingerprint density at radius 2 is 2.00 bits per heavy atom. The number of ether oxygens (including phenoxy) is 1. The summed E-state index contributed by atoms with van der Waals surface area (Å²) in [7, 11) is 1.45. The largest absolute Gasteiger partial charge is 0.494 e. The van der Waals surface area contributed by atoms with Crippen molar-refractivity contribution in [2.75, 3.05) is 7.11 Å². The average Bonchev–Trinajstić information content (AvgIpc) is 2.67. The normalized spacial score (nSPS) is 12.5. The molecule has 1 heterocycles. The maximum Gasteiger partial charge on any atom is 0.165 e. The second-order valence-corrected chi connectivity index (χ2v) is 6.02. The van der Waals surface area contributed by atoms with Gasteiger partial charge in [-0.25, -0.2) is 4.39 Å². The molecule has 0 saturated carbocycles. The van der Waals surface area contributed by atoms with Gasteiger partial charge in [0, 0.05) is 9.75 Å². The highest BCUT2D eigenvalue weighted by Crippen LogP contribution is 2.36. The molecule has 1 unspecified atom stereocenters. The Balaban J connectivity index is 2.37. The standard InChI is InChI=1S/C14H14ClFOS/c1-8-6-11(9(2)18-8)14(15)10-4-5-13(17-3)12(16)7-10/h4-7,14H,1-3H3. The molecule has 0 saturated heterocycles. The Morgan fingerprint density at radius 1 is 1.28 bits per heavy atom.